The van der Waals surface area contributed by atoms with Crippen LogP contribution in [0.3, 0.4) is 0 Å². The van der Waals surface area contributed by atoms with E-state index in [9.17, 15) is 0 Å². The van der Waals surface area contributed by atoms with Crippen molar-refractivity contribution in [2.24, 2.45) is 13.0 Å². The smallest absolute Gasteiger partial charge is 0.200 e. The number of benzene rings is 2. The van der Waals surface area contributed by atoms with E-state index in [-0.39, 0.29) is 0 Å². The lowest BCUT2D eigenvalue weighted by Gasteiger charge is -2.16. The van der Waals surface area contributed by atoms with E-state index in [1.807, 2.05) is 0 Å². The van der Waals surface area contributed by atoms with Crippen LogP contribution in [0.2, 0.25) is 0 Å². The van der Waals surface area contributed by atoms with E-state index in [2.05, 4.69) is 96.6 Å². The molecule has 0 saturated heterocycles. The molecular weight excluding hydrogens is 350 g/mol. The maximum absolute atomic E-state index is 2.47. The maximum Gasteiger partial charge on any atom is 0.221 e. The van der Waals surface area contributed by atoms with Gasteiger partial charge >= 0.3 is 0 Å². The van der Waals surface area contributed by atoms with Gasteiger partial charge in [0.25, 0.3) is 0 Å². The van der Waals surface area contributed by atoms with Gasteiger partial charge in [-0.25, -0.2) is 4.57 Å². The molecule has 0 aliphatic heterocycles. The highest BCUT2D eigenvalue weighted by atomic mass is 14.9. The second-order valence-corrected chi connectivity index (χ2v) is 9.67. The number of aromatic nitrogens is 1. The fourth-order valence-corrected chi connectivity index (χ4v) is 4.89. The summed E-state index contributed by atoms with van der Waals surface area (Å²) in [5, 5.41) is 2.81. The monoisotopic (exact) mass is 384 g/mol. The number of nitrogens with zero attached hydrogens (tertiary/aromatic N) is 1. The van der Waals surface area contributed by atoms with Crippen molar-refractivity contribution in [1.29, 1.82) is 0 Å². The maximum atomic E-state index is 2.47. The van der Waals surface area contributed by atoms with Gasteiger partial charge in [0.1, 0.15) is 7.05 Å². The molecule has 1 heterocycles. The van der Waals surface area contributed by atoms with E-state index in [1.165, 1.54) is 61.0 Å². The molecule has 1 aliphatic rings. The Morgan fingerprint density at radius 3 is 2.28 bits per heavy atom. The Balaban J connectivity index is 2.15. The predicted molar refractivity (Wildman–Crippen MR) is 125 cm³/mol. The first-order valence-electron chi connectivity index (χ1n) is 11.0. The molecule has 1 heteroatoms. The van der Waals surface area contributed by atoms with Crippen molar-refractivity contribution in [1.82, 2.24) is 0 Å². The topological polar surface area (TPSA) is 3.88 Å². The van der Waals surface area contributed by atoms with E-state index in [0.717, 1.165) is 6.42 Å². The van der Waals surface area contributed by atoms with Crippen LogP contribution in [0.15, 0.2) is 36.5 Å². The van der Waals surface area contributed by atoms with Gasteiger partial charge in [-0.2, -0.15) is 0 Å². The minimum absolute atomic E-state index is 0.528. The summed E-state index contributed by atoms with van der Waals surface area (Å²) in [5.74, 6) is 1.14. The summed E-state index contributed by atoms with van der Waals surface area (Å²) >= 11 is 0. The molecule has 0 radical (unpaired) electrons. The third kappa shape index (κ3) is 3.21. The lowest BCUT2D eigenvalue weighted by Crippen LogP contribution is -2.32. The summed E-state index contributed by atoms with van der Waals surface area (Å²) in [4.78, 5) is 0. The fourth-order valence-electron chi connectivity index (χ4n) is 4.89. The number of hydrogen-bond acceptors (Lipinski definition) is 0. The Morgan fingerprint density at radius 1 is 0.897 bits per heavy atom. The van der Waals surface area contributed by atoms with E-state index >= 15 is 0 Å². The molecular formula is C28H34N+. The van der Waals surface area contributed by atoms with Gasteiger partial charge in [0.05, 0.1) is 11.0 Å². The summed E-state index contributed by atoms with van der Waals surface area (Å²) in [6.07, 6.45) is 3.34. The molecule has 0 fully saturated rings. The van der Waals surface area contributed by atoms with E-state index in [1.54, 1.807) is 0 Å². The highest BCUT2D eigenvalue weighted by molar-refractivity contribution is 6.16. The second-order valence-electron chi connectivity index (χ2n) is 9.67. The third-order valence-corrected chi connectivity index (χ3v) is 6.48. The molecule has 0 N–H and O–H groups in total. The Hall–Kier alpha value is -2.41. The van der Waals surface area contributed by atoms with E-state index in [4.69, 9.17) is 0 Å². The molecule has 1 nitrogen and oxygen atoms in total. The molecule has 1 aromatic heterocycles. The van der Waals surface area contributed by atoms with E-state index < -0.39 is 0 Å². The van der Waals surface area contributed by atoms with Crippen molar-refractivity contribution in [3.8, 4) is 0 Å². The Bertz CT molecular complexity index is 1160. The van der Waals surface area contributed by atoms with Crippen LogP contribution in [0.1, 0.15) is 79.1 Å². The van der Waals surface area contributed by atoms with Gasteiger partial charge in [-0.15, -0.1) is 0 Å². The number of allylic oxidation sites excluding steroid dienone is 1. The van der Waals surface area contributed by atoms with Crippen molar-refractivity contribution < 1.29 is 4.57 Å². The van der Waals surface area contributed by atoms with Crippen LogP contribution >= 0.6 is 0 Å². The van der Waals surface area contributed by atoms with Crippen molar-refractivity contribution in [2.45, 2.75) is 60.8 Å². The molecule has 29 heavy (non-hydrogen) atoms. The summed E-state index contributed by atoms with van der Waals surface area (Å²) in [6, 6.07) is 11.9. The number of rotatable bonds is 4. The molecule has 2 aromatic carbocycles. The molecule has 0 spiro atoms. The molecule has 150 valence electrons. The first-order valence-corrected chi connectivity index (χ1v) is 11.0. The largest absolute Gasteiger partial charge is 0.221 e. The molecule has 3 aromatic rings. The SMILES string of the molecule is Cc1cc(C)c(C)c(C2=C(CC(C)C)c3cc(C(C)C)cc4cc[n+](C)c2c34)c1. The highest BCUT2D eigenvalue weighted by Gasteiger charge is 2.33. The van der Waals surface area contributed by atoms with Crippen LogP contribution in [-0.2, 0) is 7.05 Å². The van der Waals surface area contributed by atoms with Crippen LogP contribution in [-0.4, -0.2) is 0 Å². The van der Waals surface area contributed by atoms with Crippen molar-refractivity contribution in [3.63, 3.8) is 0 Å². The molecule has 4 rings (SSSR count). The van der Waals surface area contributed by atoms with Crippen molar-refractivity contribution in [3.05, 3.63) is 75.6 Å². The average molecular weight is 385 g/mol. The van der Waals surface area contributed by atoms with Crippen LogP contribution in [0.4, 0.5) is 0 Å². The third-order valence-electron chi connectivity index (χ3n) is 6.48. The lowest BCUT2D eigenvalue weighted by molar-refractivity contribution is -0.672. The zero-order valence-corrected chi connectivity index (χ0v) is 19.3. The van der Waals surface area contributed by atoms with Crippen LogP contribution < -0.4 is 4.57 Å². The summed E-state index contributed by atoms with van der Waals surface area (Å²) in [5.41, 5.74) is 12.8. The Kier molecular flexibility index (Phi) is 4.89. The minimum Gasteiger partial charge on any atom is -0.200 e. The van der Waals surface area contributed by atoms with Gasteiger partial charge < -0.3 is 0 Å². The van der Waals surface area contributed by atoms with Gasteiger partial charge in [-0.05, 0) is 77.8 Å². The fraction of sp³-hybridized carbons (Fsp3) is 0.393. The van der Waals surface area contributed by atoms with Gasteiger partial charge in [-0.1, -0.05) is 57.5 Å². The van der Waals surface area contributed by atoms with Gasteiger partial charge in [0.2, 0.25) is 5.69 Å². The first kappa shape index (κ1) is 19.9. The van der Waals surface area contributed by atoms with Gasteiger partial charge in [0, 0.05) is 6.07 Å². The van der Waals surface area contributed by atoms with Gasteiger partial charge in [-0.3, -0.25) is 0 Å². The molecule has 0 amide bonds. The Morgan fingerprint density at radius 2 is 1.62 bits per heavy atom. The van der Waals surface area contributed by atoms with Gasteiger partial charge in [0.15, 0.2) is 6.20 Å². The Labute approximate surface area is 176 Å². The second kappa shape index (κ2) is 7.13. The lowest BCUT2D eigenvalue weighted by atomic mass is 9.88. The zero-order chi connectivity index (χ0) is 21.0. The summed E-state index contributed by atoms with van der Waals surface area (Å²) in [7, 11) is 2.20. The first-order chi connectivity index (χ1) is 13.7. The standard InChI is InChI=1S/C28H34N/c1-16(2)11-24-25-15-22(17(3)4)14-21-9-10-29(8)28(26(21)25)27(24)23-13-18(5)12-19(6)20(23)7/h9-10,12-17H,11H2,1-8H3/q+1. The predicted octanol–water partition coefficient (Wildman–Crippen LogP) is 7.03. The average Bonchev–Trinajstić information content (AvgIpc) is 2.96. The molecule has 1 aliphatic carbocycles. The molecule has 0 saturated carbocycles. The van der Waals surface area contributed by atoms with Crippen LogP contribution in [0.5, 0.6) is 0 Å². The summed E-state index contributed by atoms with van der Waals surface area (Å²) in [6.45, 7) is 16.0. The zero-order valence-electron chi connectivity index (χ0n) is 19.3. The van der Waals surface area contributed by atoms with Crippen LogP contribution in [0.25, 0.3) is 21.9 Å². The normalized spacial score (nSPS) is 13.4. The summed E-state index contributed by atoms with van der Waals surface area (Å²) < 4.78 is 2.33. The molecule has 0 bridgehead atoms. The van der Waals surface area contributed by atoms with Crippen molar-refractivity contribution in [2.75, 3.05) is 0 Å². The highest BCUT2D eigenvalue weighted by Crippen LogP contribution is 2.47. The number of aryl methyl sites for hydroxylation is 3. The van der Waals surface area contributed by atoms with E-state index in [0.29, 0.717) is 11.8 Å². The van der Waals surface area contributed by atoms with Crippen molar-refractivity contribution >= 4 is 21.9 Å². The number of pyridine rings is 1. The quantitative estimate of drug-likeness (QED) is 0.425. The minimum atomic E-state index is 0.528. The molecule has 0 unspecified atom stereocenters. The molecule has 0 atom stereocenters. The van der Waals surface area contributed by atoms with Crippen LogP contribution in [0, 0.1) is 26.7 Å². The number of hydrogen-bond donors (Lipinski definition) is 0.